The van der Waals surface area contributed by atoms with Crippen molar-refractivity contribution in [3.05, 3.63) is 0 Å². The first-order chi connectivity index (χ1) is 8.24. The smallest absolute Gasteiger partial charge is 0.324 e. The monoisotopic (exact) mass is 280 g/mol. The highest BCUT2D eigenvalue weighted by Gasteiger charge is 2.33. The second kappa shape index (κ2) is 5.96. The fraction of sp³-hybridized carbons (Fsp3) is 0.900. The van der Waals surface area contributed by atoms with E-state index >= 15 is 0 Å². The van der Waals surface area contributed by atoms with E-state index < -0.39 is 28.3 Å². The fourth-order valence-electron chi connectivity index (χ4n) is 1.82. The minimum atomic E-state index is -3.85. The summed E-state index contributed by atoms with van der Waals surface area (Å²) in [4.78, 5) is 10.8. The van der Waals surface area contributed by atoms with E-state index in [9.17, 15) is 18.3 Å². The van der Waals surface area contributed by atoms with Gasteiger partial charge in [-0.2, -0.15) is 17.4 Å². The SMILES string of the molecule is CC1CCN(S(=O)(=O)NC(C(=O)O)C(C)O)CC1. The minimum absolute atomic E-state index is 0.378. The van der Waals surface area contributed by atoms with Crippen molar-refractivity contribution in [1.29, 1.82) is 0 Å². The van der Waals surface area contributed by atoms with Crippen molar-refractivity contribution in [3.63, 3.8) is 0 Å². The maximum absolute atomic E-state index is 12.0. The number of aliphatic carboxylic acids is 1. The van der Waals surface area contributed by atoms with Gasteiger partial charge in [-0.1, -0.05) is 6.92 Å². The molecule has 0 aromatic rings. The molecular formula is C10H20N2O5S. The van der Waals surface area contributed by atoms with Crippen LogP contribution in [0.1, 0.15) is 26.7 Å². The number of carboxylic acids is 1. The van der Waals surface area contributed by atoms with Gasteiger partial charge in [0, 0.05) is 13.1 Å². The van der Waals surface area contributed by atoms with Crippen LogP contribution in [-0.4, -0.2) is 54.1 Å². The van der Waals surface area contributed by atoms with Gasteiger partial charge in [0.2, 0.25) is 0 Å². The predicted octanol–water partition coefficient (Wildman–Crippen LogP) is -0.613. The Morgan fingerprint density at radius 2 is 1.89 bits per heavy atom. The van der Waals surface area contributed by atoms with Crippen LogP contribution < -0.4 is 4.72 Å². The molecule has 1 rings (SSSR count). The van der Waals surface area contributed by atoms with Crippen molar-refractivity contribution in [1.82, 2.24) is 9.03 Å². The molecule has 18 heavy (non-hydrogen) atoms. The number of nitrogens with zero attached hydrogens (tertiary/aromatic N) is 1. The summed E-state index contributed by atoms with van der Waals surface area (Å²) in [6.45, 7) is 4.04. The van der Waals surface area contributed by atoms with E-state index in [1.165, 1.54) is 11.2 Å². The summed E-state index contributed by atoms with van der Waals surface area (Å²) in [5.74, 6) is -0.914. The molecule has 0 aliphatic carbocycles. The highest BCUT2D eigenvalue weighted by molar-refractivity contribution is 7.87. The van der Waals surface area contributed by atoms with E-state index in [2.05, 4.69) is 0 Å². The summed E-state index contributed by atoms with van der Waals surface area (Å²) >= 11 is 0. The lowest BCUT2D eigenvalue weighted by Crippen LogP contribution is -2.53. The average Bonchev–Trinajstić information content (AvgIpc) is 2.26. The Labute approximate surface area is 107 Å². The number of carboxylic acid groups (broad SMARTS) is 1. The van der Waals surface area contributed by atoms with Crippen molar-refractivity contribution in [3.8, 4) is 0 Å². The lowest BCUT2D eigenvalue weighted by molar-refractivity contribution is -0.141. The van der Waals surface area contributed by atoms with E-state index in [-0.39, 0.29) is 0 Å². The van der Waals surface area contributed by atoms with Gasteiger partial charge in [-0.25, -0.2) is 0 Å². The summed E-state index contributed by atoms with van der Waals surface area (Å²) in [7, 11) is -3.85. The molecule has 8 heteroatoms. The Hall–Kier alpha value is -0.700. The van der Waals surface area contributed by atoms with Crippen LogP contribution in [0.5, 0.6) is 0 Å². The van der Waals surface area contributed by atoms with Gasteiger partial charge in [0.05, 0.1) is 6.10 Å². The Morgan fingerprint density at radius 3 is 2.28 bits per heavy atom. The lowest BCUT2D eigenvalue weighted by Gasteiger charge is -2.30. The number of carbonyl (C=O) groups is 1. The van der Waals surface area contributed by atoms with Gasteiger partial charge >= 0.3 is 5.97 Å². The van der Waals surface area contributed by atoms with Crippen molar-refractivity contribution >= 4 is 16.2 Å². The van der Waals surface area contributed by atoms with Crippen LogP contribution >= 0.6 is 0 Å². The highest BCUT2D eigenvalue weighted by Crippen LogP contribution is 2.18. The third-order valence-corrected chi connectivity index (χ3v) is 4.70. The van der Waals surface area contributed by atoms with Gasteiger partial charge < -0.3 is 10.2 Å². The predicted molar refractivity (Wildman–Crippen MR) is 65.1 cm³/mol. The molecule has 1 fully saturated rings. The molecule has 2 atom stereocenters. The molecule has 7 nitrogen and oxygen atoms in total. The zero-order valence-corrected chi connectivity index (χ0v) is 11.4. The third kappa shape index (κ3) is 3.91. The number of piperidine rings is 1. The fourth-order valence-corrected chi connectivity index (χ4v) is 3.27. The molecule has 0 radical (unpaired) electrons. The van der Waals surface area contributed by atoms with Crippen LogP contribution in [0.3, 0.4) is 0 Å². The first-order valence-corrected chi connectivity index (χ1v) is 7.36. The van der Waals surface area contributed by atoms with Gasteiger partial charge in [-0.3, -0.25) is 4.79 Å². The van der Waals surface area contributed by atoms with Gasteiger partial charge in [-0.15, -0.1) is 0 Å². The topological polar surface area (TPSA) is 107 Å². The molecule has 106 valence electrons. The third-order valence-electron chi connectivity index (χ3n) is 3.11. The van der Waals surface area contributed by atoms with Crippen LogP contribution in [0.15, 0.2) is 0 Å². The van der Waals surface area contributed by atoms with Crippen molar-refractivity contribution < 1.29 is 23.4 Å². The Bertz CT molecular complexity index is 387. The number of hydrogen-bond acceptors (Lipinski definition) is 4. The van der Waals surface area contributed by atoms with Crippen molar-refractivity contribution in [2.75, 3.05) is 13.1 Å². The molecule has 0 bridgehead atoms. The van der Waals surface area contributed by atoms with Crippen LogP contribution in [0.25, 0.3) is 0 Å². The first-order valence-electron chi connectivity index (χ1n) is 5.92. The summed E-state index contributed by atoms with van der Waals surface area (Å²) in [5, 5.41) is 18.1. The normalized spacial score (nSPS) is 22.6. The van der Waals surface area contributed by atoms with Gasteiger partial charge in [-0.05, 0) is 25.7 Å². The van der Waals surface area contributed by atoms with E-state index in [1.807, 2.05) is 11.6 Å². The second-order valence-electron chi connectivity index (χ2n) is 4.76. The van der Waals surface area contributed by atoms with E-state index in [1.54, 1.807) is 0 Å². The number of aliphatic hydroxyl groups is 1. The second-order valence-corrected chi connectivity index (χ2v) is 6.46. The molecule has 1 heterocycles. The molecule has 1 aliphatic heterocycles. The average molecular weight is 280 g/mol. The lowest BCUT2D eigenvalue weighted by atomic mass is 10.0. The van der Waals surface area contributed by atoms with Gasteiger partial charge in [0.15, 0.2) is 0 Å². The van der Waals surface area contributed by atoms with Crippen LogP contribution in [0.2, 0.25) is 0 Å². The van der Waals surface area contributed by atoms with E-state index in [0.29, 0.717) is 19.0 Å². The molecule has 0 aromatic heterocycles. The maximum atomic E-state index is 12.0. The highest BCUT2D eigenvalue weighted by atomic mass is 32.2. The number of rotatable bonds is 5. The zero-order chi connectivity index (χ0) is 13.9. The summed E-state index contributed by atoms with van der Waals surface area (Å²) in [6.07, 6.45) is 0.224. The summed E-state index contributed by atoms with van der Waals surface area (Å²) in [5.41, 5.74) is 0. The van der Waals surface area contributed by atoms with Gasteiger partial charge in [0.1, 0.15) is 6.04 Å². The Kier molecular flexibility index (Phi) is 5.09. The van der Waals surface area contributed by atoms with Gasteiger partial charge in [0.25, 0.3) is 10.2 Å². The van der Waals surface area contributed by atoms with E-state index in [0.717, 1.165) is 12.8 Å². The van der Waals surface area contributed by atoms with E-state index in [4.69, 9.17) is 5.11 Å². The summed E-state index contributed by atoms with van der Waals surface area (Å²) < 4.78 is 27.2. The largest absolute Gasteiger partial charge is 0.480 e. The molecule has 2 unspecified atom stereocenters. The summed E-state index contributed by atoms with van der Waals surface area (Å²) in [6, 6.07) is -1.52. The minimum Gasteiger partial charge on any atom is -0.480 e. The molecule has 1 aliphatic rings. The Morgan fingerprint density at radius 1 is 1.39 bits per heavy atom. The Balaban J connectivity index is 2.72. The molecule has 0 saturated carbocycles. The van der Waals surface area contributed by atoms with Crippen molar-refractivity contribution in [2.24, 2.45) is 5.92 Å². The molecule has 0 aromatic carbocycles. The zero-order valence-electron chi connectivity index (χ0n) is 10.5. The molecular weight excluding hydrogens is 260 g/mol. The number of hydrogen-bond donors (Lipinski definition) is 3. The molecule has 3 N–H and O–H groups in total. The van der Waals surface area contributed by atoms with Crippen LogP contribution in [-0.2, 0) is 15.0 Å². The van der Waals surface area contributed by atoms with Crippen LogP contribution in [0, 0.1) is 5.92 Å². The molecule has 1 saturated heterocycles. The number of aliphatic hydroxyl groups excluding tert-OH is 1. The standard InChI is InChI=1S/C10H20N2O5S/c1-7-3-5-12(6-4-7)18(16,17)11-9(8(2)13)10(14)15/h7-9,11,13H,3-6H2,1-2H3,(H,14,15). The first kappa shape index (κ1) is 15.4. The molecule has 0 spiro atoms. The van der Waals surface area contributed by atoms with Crippen LogP contribution in [0.4, 0.5) is 0 Å². The maximum Gasteiger partial charge on any atom is 0.324 e. The quantitative estimate of drug-likeness (QED) is 0.622. The van der Waals surface area contributed by atoms with Crippen molar-refractivity contribution in [2.45, 2.75) is 38.8 Å². The number of nitrogens with one attached hydrogen (secondary N) is 1. The molecule has 0 amide bonds.